The lowest BCUT2D eigenvalue weighted by molar-refractivity contribution is -0.358. The van der Waals surface area contributed by atoms with Gasteiger partial charge in [-0.25, -0.2) is 0 Å². The second-order valence-corrected chi connectivity index (χ2v) is 13.2. The van der Waals surface area contributed by atoms with E-state index in [9.17, 15) is 81.4 Å². The van der Waals surface area contributed by atoms with Crippen LogP contribution in [-0.4, -0.2) is 189 Å². The van der Waals surface area contributed by atoms with Gasteiger partial charge in [0.2, 0.25) is 29.5 Å². The van der Waals surface area contributed by atoms with Crippen LogP contribution in [-0.2, 0) is 18.9 Å². The van der Waals surface area contributed by atoms with Gasteiger partial charge in [0.1, 0.15) is 89.6 Å². The molecule has 3 fully saturated rings. The van der Waals surface area contributed by atoms with E-state index in [0.717, 1.165) is 24.3 Å². The lowest BCUT2D eigenvalue weighted by Crippen LogP contribution is -2.65. The predicted octanol–water partition coefficient (Wildman–Crippen LogP) is -5.54. The van der Waals surface area contributed by atoms with Crippen molar-refractivity contribution in [3.05, 3.63) is 34.5 Å². The maximum absolute atomic E-state index is 14.1. The lowest BCUT2D eigenvalue weighted by Gasteiger charge is -2.45. The molecular weight excluding hydrogens is 764 g/mol. The molecule has 310 valence electrons. The van der Waals surface area contributed by atoms with Crippen LogP contribution in [0.1, 0.15) is 0 Å². The van der Waals surface area contributed by atoms with E-state index in [2.05, 4.69) is 0 Å². The van der Waals surface area contributed by atoms with Crippen LogP contribution in [0.2, 0.25) is 0 Å². The molecule has 0 saturated carbocycles. The van der Waals surface area contributed by atoms with Gasteiger partial charge in [0, 0.05) is 17.7 Å². The Balaban J connectivity index is 1.42. The molecule has 0 radical (unpaired) electrons. The number of rotatable bonds is 10. The van der Waals surface area contributed by atoms with Gasteiger partial charge >= 0.3 is 0 Å². The highest BCUT2D eigenvalue weighted by atomic mass is 16.8. The molecule has 0 amide bonds. The number of fused-ring (bicyclic) bond motifs is 1. The molecule has 3 aromatic rings. The molecule has 3 aliphatic heterocycles. The topological polar surface area (TPSA) is 389 Å². The maximum atomic E-state index is 14.1. The highest BCUT2D eigenvalue weighted by Gasteiger charge is 2.52. The minimum absolute atomic E-state index is 0.417. The first-order valence-electron chi connectivity index (χ1n) is 16.8. The van der Waals surface area contributed by atoms with Crippen molar-refractivity contribution in [3.8, 4) is 45.8 Å². The highest BCUT2D eigenvalue weighted by Crippen LogP contribution is 2.45. The minimum atomic E-state index is -2.10. The average molecular weight is 805 g/mol. The zero-order valence-corrected chi connectivity index (χ0v) is 28.6. The van der Waals surface area contributed by atoms with Gasteiger partial charge < -0.3 is 109 Å². The Hall–Kier alpha value is -4.15. The summed E-state index contributed by atoms with van der Waals surface area (Å²) in [6, 6.07) is 3.31. The van der Waals surface area contributed by atoms with E-state index in [1.807, 2.05) is 0 Å². The number of benzene rings is 2. The van der Waals surface area contributed by atoms with Crippen LogP contribution < -0.4 is 14.9 Å². The fourth-order valence-corrected chi connectivity index (χ4v) is 6.44. The molecule has 23 nitrogen and oxygen atoms in total. The van der Waals surface area contributed by atoms with Crippen LogP contribution in [0.3, 0.4) is 0 Å². The Kier molecular flexibility index (Phi) is 12.1. The Labute approximate surface area is 312 Å². The summed E-state index contributed by atoms with van der Waals surface area (Å²) in [4.78, 5) is 14.1. The zero-order chi connectivity index (χ0) is 40.9. The van der Waals surface area contributed by atoms with Crippen molar-refractivity contribution in [1.82, 2.24) is 0 Å². The lowest BCUT2D eigenvalue weighted by atomic mass is 9.97. The van der Waals surface area contributed by atoms with Crippen molar-refractivity contribution >= 4 is 11.0 Å². The van der Waals surface area contributed by atoms with E-state index in [1.54, 1.807) is 0 Å². The molecule has 23 heteroatoms. The number of phenolic OH excluding ortho intramolecular Hbond substituents is 4. The zero-order valence-electron chi connectivity index (χ0n) is 28.6. The number of hydrogen-bond acceptors (Lipinski definition) is 23. The highest BCUT2D eigenvalue weighted by molar-refractivity contribution is 5.88. The first-order valence-corrected chi connectivity index (χ1v) is 16.8. The van der Waals surface area contributed by atoms with Crippen LogP contribution >= 0.6 is 0 Å². The van der Waals surface area contributed by atoms with E-state index >= 15 is 0 Å². The normalized spacial score (nSPS) is 36.4. The van der Waals surface area contributed by atoms with E-state index in [-0.39, 0.29) is 0 Å². The third kappa shape index (κ3) is 7.51. The quantitative estimate of drug-likeness (QED) is 0.0908. The van der Waals surface area contributed by atoms with E-state index in [0.29, 0.717) is 0 Å². The summed E-state index contributed by atoms with van der Waals surface area (Å²) in [5.41, 5.74) is -2.13. The van der Waals surface area contributed by atoms with Crippen molar-refractivity contribution in [1.29, 1.82) is 0 Å². The molecule has 15 atom stereocenters. The van der Waals surface area contributed by atoms with Crippen molar-refractivity contribution < 1.29 is 109 Å². The first kappa shape index (κ1) is 41.5. The number of aliphatic hydroxyl groups excluding tert-OH is 11. The van der Waals surface area contributed by atoms with Gasteiger partial charge in [-0.2, -0.15) is 0 Å². The molecule has 0 spiro atoms. The monoisotopic (exact) mass is 804 g/mol. The van der Waals surface area contributed by atoms with Crippen molar-refractivity contribution in [2.24, 2.45) is 0 Å². The van der Waals surface area contributed by atoms with Gasteiger partial charge in [-0.3, -0.25) is 4.79 Å². The molecule has 56 heavy (non-hydrogen) atoms. The summed E-state index contributed by atoms with van der Waals surface area (Å²) in [5, 5.41) is 155. The van der Waals surface area contributed by atoms with Gasteiger partial charge in [-0.1, -0.05) is 0 Å². The summed E-state index contributed by atoms with van der Waals surface area (Å²) < 4.78 is 38.9. The maximum Gasteiger partial charge on any atom is 0.239 e. The van der Waals surface area contributed by atoms with E-state index in [1.165, 1.54) is 0 Å². The predicted molar refractivity (Wildman–Crippen MR) is 176 cm³/mol. The SMILES string of the molecule is O=c1c(OC2OC(CO)C(O)C(O)C2OC2OC(CO)C(O)C(O)C2O)c(-c2cc(O)c(OC3OC(CO)C(O)C(O)C3O)c(O)c2)oc2cc(O)cc(O)c12. The van der Waals surface area contributed by atoms with Crippen LogP contribution in [0.4, 0.5) is 0 Å². The Morgan fingerprint density at radius 2 is 1.02 bits per heavy atom. The van der Waals surface area contributed by atoms with E-state index in [4.69, 9.17) is 32.8 Å². The van der Waals surface area contributed by atoms with Gasteiger partial charge in [-0.15, -0.1) is 0 Å². The molecule has 2 aromatic carbocycles. The smallest absolute Gasteiger partial charge is 0.239 e. The van der Waals surface area contributed by atoms with Crippen LogP contribution in [0.25, 0.3) is 22.3 Å². The van der Waals surface area contributed by atoms with Crippen LogP contribution in [0, 0.1) is 0 Å². The molecule has 4 heterocycles. The molecular formula is C33H40O23. The number of aromatic hydroxyl groups is 4. The van der Waals surface area contributed by atoms with E-state index < -0.39 is 174 Å². The summed E-state index contributed by atoms with van der Waals surface area (Å²) in [6.07, 6.45) is -28.0. The molecule has 6 rings (SSSR count). The summed E-state index contributed by atoms with van der Waals surface area (Å²) in [6.45, 7) is -2.66. The number of hydrogen-bond donors (Lipinski definition) is 15. The standard InChI is InChI=1S/C33H40O23/c34-5-14-18(41)22(45)25(48)31(51-14)54-28-11(39)1-8(2-12(28)40)27-29(21(44)17-10(38)3-9(37)4-13(17)50-27)55-33-30(24(47)20(43)16(7-36)53-33)56-32-26(49)23(46)19(42)15(6-35)52-32/h1-4,14-16,18-20,22-26,30-43,45-49H,5-7H2. The van der Waals surface area contributed by atoms with Crippen molar-refractivity contribution in [3.63, 3.8) is 0 Å². The first-order chi connectivity index (χ1) is 26.5. The fourth-order valence-electron chi connectivity index (χ4n) is 6.44. The average Bonchev–Trinajstić information content (AvgIpc) is 3.16. The van der Waals surface area contributed by atoms with Crippen LogP contribution in [0.5, 0.6) is 34.5 Å². The summed E-state index contributed by atoms with van der Waals surface area (Å²) in [5.74, 6) is -5.73. The Morgan fingerprint density at radius 3 is 1.57 bits per heavy atom. The molecule has 15 N–H and O–H groups in total. The molecule has 0 bridgehead atoms. The number of ether oxygens (including phenoxy) is 6. The number of phenols is 4. The summed E-state index contributed by atoms with van der Waals surface area (Å²) >= 11 is 0. The Morgan fingerprint density at radius 1 is 0.536 bits per heavy atom. The molecule has 3 aliphatic rings. The summed E-state index contributed by atoms with van der Waals surface area (Å²) in [7, 11) is 0. The van der Waals surface area contributed by atoms with Crippen LogP contribution in [0.15, 0.2) is 33.5 Å². The fraction of sp³-hybridized carbons (Fsp3) is 0.545. The largest absolute Gasteiger partial charge is 0.508 e. The second kappa shape index (κ2) is 16.4. The van der Waals surface area contributed by atoms with Crippen molar-refractivity contribution in [2.45, 2.75) is 92.1 Å². The minimum Gasteiger partial charge on any atom is -0.508 e. The molecule has 0 aliphatic carbocycles. The third-order valence-electron chi connectivity index (χ3n) is 9.51. The third-order valence-corrected chi connectivity index (χ3v) is 9.51. The van der Waals surface area contributed by atoms with Crippen molar-refractivity contribution in [2.75, 3.05) is 19.8 Å². The van der Waals surface area contributed by atoms with Gasteiger partial charge in [-0.05, 0) is 12.1 Å². The van der Waals surface area contributed by atoms with Gasteiger partial charge in [0.25, 0.3) is 0 Å². The van der Waals surface area contributed by atoms with Gasteiger partial charge in [0.05, 0.1) is 19.8 Å². The Bertz CT molecular complexity index is 1890. The molecule has 15 unspecified atom stereocenters. The molecule has 1 aromatic heterocycles. The number of aliphatic hydroxyl groups is 11. The molecule has 3 saturated heterocycles. The van der Waals surface area contributed by atoms with Gasteiger partial charge in [0.15, 0.2) is 29.7 Å². The second-order valence-electron chi connectivity index (χ2n) is 13.2.